The van der Waals surface area contributed by atoms with Gasteiger partial charge in [-0.3, -0.25) is 0 Å². The fourth-order valence-electron chi connectivity index (χ4n) is 1.80. The van der Waals surface area contributed by atoms with E-state index in [-0.39, 0.29) is 18.1 Å². The molecule has 0 saturated carbocycles. The zero-order chi connectivity index (χ0) is 14.0. The van der Waals surface area contributed by atoms with Gasteiger partial charge in [-0.1, -0.05) is 0 Å². The van der Waals surface area contributed by atoms with Crippen LogP contribution >= 0.6 is 0 Å². The molecule has 0 aromatic carbocycles. The monoisotopic (exact) mass is 266 g/mol. The molecule has 8 nitrogen and oxygen atoms in total. The van der Waals surface area contributed by atoms with E-state index in [2.05, 4.69) is 20.3 Å². The Morgan fingerprint density at radius 1 is 1.21 bits per heavy atom. The molecule has 8 heteroatoms. The molecular formula is C11H18N6O2. The Kier molecular flexibility index (Phi) is 3.59. The first-order valence-corrected chi connectivity index (χ1v) is 5.87. The molecule has 1 aliphatic heterocycles. The van der Waals surface area contributed by atoms with Gasteiger partial charge in [0.05, 0.1) is 26.9 Å². The van der Waals surface area contributed by atoms with Crippen molar-refractivity contribution in [1.29, 1.82) is 0 Å². The summed E-state index contributed by atoms with van der Waals surface area (Å²) in [4.78, 5) is 14.4. The molecule has 0 amide bonds. The highest BCUT2D eigenvalue weighted by molar-refractivity contribution is 5.16. The molecule has 1 aliphatic rings. The summed E-state index contributed by atoms with van der Waals surface area (Å²) in [7, 11) is 3.00. The third-order valence-corrected chi connectivity index (χ3v) is 3.03. The predicted molar refractivity (Wildman–Crippen MR) is 68.1 cm³/mol. The second-order valence-electron chi connectivity index (χ2n) is 4.16. The Bertz CT molecular complexity index is 482. The van der Waals surface area contributed by atoms with Gasteiger partial charge in [0.2, 0.25) is 0 Å². The zero-order valence-corrected chi connectivity index (χ0v) is 11.5. The van der Waals surface area contributed by atoms with Crippen LogP contribution in [0.3, 0.4) is 0 Å². The molecule has 2 rings (SSSR count). The maximum atomic E-state index is 6.01. The highest BCUT2D eigenvalue weighted by Gasteiger charge is 2.26. The van der Waals surface area contributed by atoms with E-state index in [1.165, 1.54) is 14.2 Å². The first kappa shape index (κ1) is 13.2. The number of hydrogen-bond donors (Lipinski definition) is 2. The number of methoxy groups -OCH3 is 2. The molecule has 0 radical (unpaired) electrons. The van der Waals surface area contributed by atoms with Crippen molar-refractivity contribution in [3.63, 3.8) is 0 Å². The maximum Gasteiger partial charge on any atom is 0.322 e. The van der Waals surface area contributed by atoms with Gasteiger partial charge in [-0.25, -0.2) is 0 Å². The number of nitrogens with zero attached hydrogens (tertiary/aromatic N) is 4. The van der Waals surface area contributed by atoms with Gasteiger partial charge in [-0.2, -0.15) is 9.97 Å². The number of ether oxygens (including phenoxy) is 2. The SMILES string of the molecule is COc1nc(OC)nc(C(C)N2CNC(C)=C2N)n1. The highest BCUT2D eigenvalue weighted by Crippen LogP contribution is 2.24. The van der Waals surface area contributed by atoms with Crippen molar-refractivity contribution < 1.29 is 9.47 Å². The summed E-state index contributed by atoms with van der Waals surface area (Å²) in [6.07, 6.45) is 0. The van der Waals surface area contributed by atoms with Gasteiger partial charge >= 0.3 is 12.0 Å². The molecule has 3 N–H and O–H groups in total. The van der Waals surface area contributed by atoms with Gasteiger partial charge in [0, 0.05) is 5.70 Å². The molecule has 0 spiro atoms. The minimum atomic E-state index is -0.115. The Morgan fingerprint density at radius 2 is 1.79 bits per heavy atom. The standard InChI is InChI=1S/C11H18N6O2/c1-6-8(12)17(5-13-6)7(2)9-14-10(18-3)16-11(15-9)19-4/h7,13H,5,12H2,1-4H3. The van der Waals surface area contributed by atoms with Crippen LogP contribution in [0.2, 0.25) is 0 Å². The maximum absolute atomic E-state index is 6.01. The van der Waals surface area contributed by atoms with E-state index in [4.69, 9.17) is 15.2 Å². The normalized spacial score (nSPS) is 16.3. The second kappa shape index (κ2) is 5.17. The summed E-state index contributed by atoms with van der Waals surface area (Å²) >= 11 is 0. The van der Waals surface area contributed by atoms with E-state index in [1.807, 2.05) is 18.7 Å². The van der Waals surface area contributed by atoms with Crippen molar-refractivity contribution in [1.82, 2.24) is 25.2 Å². The van der Waals surface area contributed by atoms with Crippen molar-refractivity contribution in [3.8, 4) is 12.0 Å². The van der Waals surface area contributed by atoms with Crippen molar-refractivity contribution in [2.45, 2.75) is 19.9 Å². The third kappa shape index (κ3) is 2.47. The van der Waals surface area contributed by atoms with E-state index in [1.54, 1.807) is 0 Å². The van der Waals surface area contributed by atoms with Gasteiger partial charge < -0.3 is 25.4 Å². The van der Waals surface area contributed by atoms with Crippen molar-refractivity contribution in [2.75, 3.05) is 20.9 Å². The predicted octanol–water partition coefficient (Wildman–Crippen LogP) is -0.0398. The lowest BCUT2D eigenvalue weighted by atomic mass is 10.3. The highest BCUT2D eigenvalue weighted by atomic mass is 16.5. The lowest BCUT2D eigenvalue weighted by Crippen LogP contribution is -2.31. The number of nitrogens with two attached hydrogens (primary N) is 1. The van der Waals surface area contributed by atoms with Crippen LogP contribution < -0.4 is 20.5 Å². The molecule has 0 bridgehead atoms. The quantitative estimate of drug-likeness (QED) is 0.783. The van der Waals surface area contributed by atoms with Crippen LogP contribution in [0.25, 0.3) is 0 Å². The van der Waals surface area contributed by atoms with Gasteiger partial charge in [0.15, 0.2) is 5.82 Å². The molecule has 0 saturated heterocycles. The lowest BCUT2D eigenvalue weighted by Gasteiger charge is -2.25. The van der Waals surface area contributed by atoms with Crippen LogP contribution in [0.15, 0.2) is 11.5 Å². The van der Waals surface area contributed by atoms with E-state index in [9.17, 15) is 0 Å². The van der Waals surface area contributed by atoms with E-state index < -0.39 is 0 Å². The largest absolute Gasteiger partial charge is 0.467 e. The van der Waals surface area contributed by atoms with Crippen molar-refractivity contribution in [3.05, 3.63) is 17.3 Å². The average Bonchev–Trinajstić information content (AvgIpc) is 2.77. The fraction of sp³-hybridized carbons (Fsp3) is 0.545. The molecule has 1 aromatic rings. The van der Waals surface area contributed by atoms with Gasteiger partial charge in [-0.15, -0.1) is 4.98 Å². The summed E-state index contributed by atoms with van der Waals surface area (Å²) < 4.78 is 10.1. The van der Waals surface area contributed by atoms with Crippen molar-refractivity contribution >= 4 is 0 Å². The van der Waals surface area contributed by atoms with E-state index in [0.717, 1.165) is 5.70 Å². The summed E-state index contributed by atoms with van der Waals surface area (Å²) in [5.74, 6) is 1.23. The van der Waals surface area contributed by atoms with E-state index in [0.29, 0.717) is 18.3 Å². The Morgan fingerprint density at radius 3 is 2.21 bits per heavy atom. The molecule has 1 aromatic heterocycles. The van der Waals surface area contributed by atoms with Crippen molar-refractivity contribution in [2.24, 2.45) is 5.73 Å². The van der Waals surface area contributed by atoms with Crippen LogP contribution in [-0.2, 0) is 0 Å². The first-order chi connectivity index (χ1) is 9.06. The minimum Gasteiger partial charge on any atom is -0.467 e. The van der Waals surface area contributed by atoms with Gasteiger partial charge in [0.25, 0.3) is 0 Å². The molecular weight excluding hydrogens is 248 g/mol. The van der Waals surface area contributed by atoms with E-state index >= 15 is 0 Å². The average molecular weight is 266 g/mol. The van der Waals surface area contributed by atoms with Gasteiger partial charge in [-0.05, 0) is 13.8 Å². The smallest absolute Gasteiger partial charge is 0.322 e. The summed E-state index contributed by atoms with van der Waals surface area (Å²) in [6, 6.07) is 0.330. The molecule has 104 valence electrons. The molecule has 0 fully saturated rings. The van der Waals surface area contributed by atoms with Crippen LogP contribution in [-0.4, -0.2) is 40.7 Å². The Hall–Kier alpha value is -2.25. The van der Waals surface area contributed by atoms with Crippen LogP contribution in [0.1, 0.15) is 25.7 Å². The molecule has 19 heavy (non-hydrogen) atoms. The van der Waals surface area contributed by atoms with Gasteiger partial charge in [0.1, 0.15) is 5.82 Å². The zero-order valence-electron chi connectivity index (χ0n) is 11.5. The van der Waals surface area contributed by atoms with Crippen LogP contribution in [0.4, 0.5) is 0 Å². The number of nitrogens with one attached hydrogen (secondary N) is 1. The molecule has 1 atom stereocenters. The summed E-state index contributed by atoms with van der Waals surface area (Å²) in [6.45, 7) is 4.51. The molecule has 0 aliphatic carbocycles. The number of allylic oxidation sites excluding steroid dienone is 1. The first-order valence-electron chi connectivity index (χ1n) is 5.87. The topological polar surface area (TPSA) is 98.4 Å². The molecule has 1 unspecified atom stereocenters. The van der Waals surface area contributed by atoms with Crippen LogP contribution in [0.5, 0.6) is 12.0 Å². The summed E-state index contributed by atoms with van der Waals surface area (Å²) in [5, 5.41) is 3.17. The van der Waals surface area contributed by atoms with Crippen LogP contribution in [0, 0.1) is 0 Å². The minimum absolute atomic E-state index is 0.115. The second-order valence-corrected chi connectivity index (χ2v) is 4.16. The third-order valence-electron chi connectivity index (χ3n) is 3.03. The Balaban J connectivity index is 2.31. The lowest BCUT2D eigenvalue weighted by molar-refractivity contribution is 0.263. The number of aromatic nitrogens is 3. The Labute approximate surface area is 111 Å². The summed E-state index contributed by atoms with van der Waals surface area (Å²) in [5.41, 5.74) is 6.96. The number of hydrogen-bond acceptors (Lipinski definition) is 8. The number of rotatable bonds is 4. The fourth-order valence-corrected chi connectivity index (χ4v) is 1.80. The molecule has 2 heterocycles.